The Morgan fingerprint density at radius 1 is 1.06 bits per heavy atom. The van der Waals surface area contributed by atoms with Gasteiger partial charge in [-0.05, 0) is 55.9 Å². The predicted molar refractivity (Wildman–Crippen MR) is 128 cm³/mol. The number of benzene rings is 2. The zero-order valence-electron chi connectivity index (χ0n) is 19.4. The van der Waals surface area contributed by atoms with Gasteiger partial charge in [0.05, 0.1) is 0 Å². The van der Waals surface area contributed by atoms with Gasteiger partial charge >= 0.3 is 0 Å². The summed E-state index contributed by atoms with van der Waals surface area (Å²) < 4.78 is 5.78. The van der Waals surface area contributed by atoms with E-state index in [0.717, 1.165) is 36.8 Å². The van der Waals surface area contributed by atoms with E-state index >= 15 is 0 Å². The lowest BCUT2D eigenvalue weighted by Gasteiger charge is -2.32. The minimum absolute atomic E-state index is 0.0450. The number of nitrogens with zero attached hydrogens (tertiary/aromatic N) is 1. The molecule has 0 unspecified atom stereocenters. The Bertz CT molecular complexity index is 862. The number of aryl methyl sites for hydroxylation is 1. The summed E-state index contributed by atoms with van der Waals surface area (Å²) in [6.45, 7) is 4.36. The summed E-state index contributed by atoms with van der Waals surface area (Å²) in [4.78, 5) is 28.1. The fourth-order valence-electron chi connectivity index (χ4n) is 4.37. The number of amides is 2. The van der Waals surface area contributed by atoms with Gasteiger partial charge in [0.1, 0.15) is 11.8 Å². The first-order valence-electron chi connectivity index (χ1n) is 11.9. The second kappa shape index (κ2) is 12.3. The van der Waals surface area contributed by atoms with E-state index in [1.807, 2.05) is 56.3 Å². The van der Waals surface area contributed by atoms with Crippen molar-refractivity contribution in [2.24, 2.45) is 0 Å². The fraction of sp³-hybridized carbons (Fsp3) is 0.481. The van der Waals surface area contributed by atoms with Crippen molar-refractivity contribution in [3.8, 4) is 5.75 Å². The molecule has 0 heterocycles. The van der Waals surface area contributed by atoms with E-state index in [9.17, 15) is 9.59 Å². The number of carbonyl (C=O) groups is 2. The van der Waals surface area contributed by atoms with Gasteiger partial charge < -0.3 is 15.0 Å². The SMILES string of the molecule is CC[C@H](C(=O)NC1CCCCC1)N(CCc1ccccc1)C(=O)COc1cccc(C)c1. The Balaban J connectivity index is 1.69. The van der Waals surface area contributed by atoms with Gasteiger partial charge in [-0.25, -0.2) is 0 Å². The van der Waals surface area contributed by atoms with Gasteiger partial charge in [0.25, 0.3) is 5.91 Å². The molecule has 3 rings (SSSR count). The van der Waals surface area contributed by atoms with Gasteiger partial charge in [0.15, 0.2) is 6.61 Å². The second-order valence-electron chi connectivity index (χ2n) is 8.70. The smallest absolute Gasteiger partial charge is 0.261 e. The summed E-state index contributed by atoms with van der Waals surface area (Å²) in [5.41, 5.74) is 2.22. The largest absolute Gasteiger partial charge is 0.484 e. The third kappa shape index (κ3) is 7.11. The highest BCUT2D eigenvalue weighted by atomic mass is 16.5. The van der Waals surface area contributed by atoms with E-state index in [4.69, 9.17) is 4.74 Å². The van der Waals surface area contributed by atoms with Crippen molar-refractivity contribution in [2.45, 2.75) is 70.9 Å². The Morgan fingerprint density at radius 3 is 2.50 bits per heavy atom. The van der Waals surface area contributed by atoms with Crippen molar-refractivity contribution in [2.75, 3.05) is 13.2 Å². The number of rotatable bonds is 10. The lowest BCUT2D eigenvalue weighted by molar-refractivity contribution is -0.142. The van der Waals surface area contributed by atoms with E-state index in [1.54, 1.807) is 4.90 Å². The Hall–Kier alpha value is -2.82. The summed E-state index contributed by atoms with van der Waals surface area (Å²) in [6.07, 6.45) is 6.87. The van der Waals surface area contributed by atoms with Crippen molar-refractivity contribution in [1.29, 1.82) is 0 Å². The van der Waals surface area contributed by atoms with Crippen molar-refractivity contribution in [3.63, 3.8) is 0 Å². The molecule has 1 aliphatic carbocycles. The molecule has 0 spiro atoms. The second-order valence-corrected chi connectivity index (χ2v) is 8.70. The highest BCUT2D eigenvalue weighted by molar-refractivity contribution is 5.88. The molecule has 32 heavy (non-hydrogen) atoms. The Labute approximate surface area is 192 Å². The van der Waals surface area contributed by atoms with Crippen LogP contribution >= 0.6 is 0 Å². The van der Waals surface area contributed by atoms with Crippen LogP contribution in [-0.4, -0.2) is 41.9 Å². The fourth-order valence-corrected chi connectivity index (χ4v) is 4.37. The van der Waals surface area contributed by atoms with Crippen LogP contribution in [0.5, 0.6) is 5.75 Å². The summed E-state index contributed by atoms with van der Waals surface area (Å²) in [6, 6.07) is 17.5. The van der Waals surface area contributed by atoms with Gasteiger partial charge in [0.2, 0.25) is 5.91 Å². The molecule has 1 saturated carbocycles. The molecule has 0 aromatic heterocycles. The lowest BCUT2D eigenvalue weighted by atomic mass is 9.95. The lowest BCUT2D eigenvalue weighted by Crippen LogP contribution is -2.53. The van der Waals surface area contributed by atoms with Gasteiger partial charge in [0, 0.05) is 12.6 Å². The van der Waals surface area contributed by atoms with Crippen LogP contribution in [0, 0.1) is 6.92 Å². The third-order valence-corrected chi connectivity index (χ3v) is 6.17. The van der Waals surface area contributed by atoms with Gasteiger partial charge in [-0.3, -0.25) is 9.59 Å². The first-order chi connectivity index (χ1) is 15.6. The monoisotopic (exact) mass is 436 g/mol. The first-order valence-corrected chi connectivity index (χ1v) is 11.9. The van der Waals surface area contributed by atoms with Crippen LogP contribution in [0.15, 0.2) is 54.6 Å². The molecular weight excluding hydrogens is 400 g/mol. The van der Waals surface area contributed by atoms with Crippen LogP contribution in [0.25, 0.3) is 0 Å². The summed E-state index contributed by atoms with van der Waals surface area (Å²) in [7, 11) is 0. The van der Waals surface area contributed by atoms with E-state index in [1.165, 1.54) is 6.42 Å². The maximum absolute atomic E-state index is 13.2. The van der Waals surface area contributed by atoms with Crippen LogP contribution < -0.4 is 10.1 Å². The summed E-state index contributed by atoms with van der Waals surface area (Å²) in [5.74, 6) is 0.463. The number of hydrogen-bond donors (Lipinski definition) is 1. The van der Waals surface area contributed by atoms with Crippen LogP contribution in [0.2, 0.25) is 0 Å². The van der Waals surface area contributed by atoms with E-state index in [0.29, 0.717) is 25.1 Å². The topological polar surface area (TPSA) is 58.6 Å². The van der Waals surface area contributed by atoms with E-state index in [2.05, 4.69) is 17.4 Å². The zero-order chi connectivity index (χ0) is 22.8. The summed E-state index contributed by atoms with van der Waals surface area (Å²) in [5, 5.41) is 3.21. The molecule has 172 valence electrons. The molecule has 1 aliphatic rings. The minimum atomic E-state index is -0.491. The molecule has 0 aliphatic heterocycles. The maximum atomic E-state index is 13.2. The van der Waals surface area contributed by atoms with Crippen molar-refractivity contribution >= 4 is 11.8 Å². The number of hydrogen-bond acceptors (Lipinski definition) is 3. The van der Waals surface area contributed by atoms with Gasteiger partial charge in [-0.15, -0.1) is 0 Å². The first kappa shape index (κ1) is 23.8. The average Bonchev–Trinajstić information content (AvgIpc) is 2.81. The van der Waals surface area contributed by atoms with Crippen molar-refractivity contribution < 1.29 is 14.3 Å². The molecule has 2 aromatic rings. The van der Waals surface area contributed by atoms with Crippen LogP contribution in [-0.2, 0) is 16.0 Å². The Morgan fingerprint density at radius 2 is 1.81 bits per heavy atom. The third-order valence-electron chi connectivity index (χ3n) is 6.17. The maximum Gasteiger partial charge on any atom is 0.261 e. The molecule has 0 bridgehead atoms. The van der Waals surface area contributed by atoms with Crippen molar-refractivity contribution in [1.82, 2.24) is 10.2 Å². The minimum Gasteiger partial charge on any atom is -0.484 e. The highest BCUT2D eigenvalue weighted by Crippen LogP contribution is 2.19. The zero-order valence-corrected chi connectivity index (χ0v) is 19.4. The average molecular weight is 437 g/mol. The number of ether oxygens (including phenoxy) is 1. The standard InChI is InChI=1S/C27H36N2O3/c1-3-25(27(31)28-23-14-8-5-9-15-23)29(18-17-22-12-6-4-7-13-22)26(30)20-32-24-16-10-11-21(2)19-24/h4,6-7,10-13,16,19,23,25H,3,5,8-9,14-15,17-18,20H2,1-2H3,(H,28,31)/t25-/m1/s1. The summed E-state index contributed by atoms with van der Waals surface area (Å²) >= 11 is 0. The van der Waals surface area contributed by atoms with E-state index in [-0.39, 0.29) is 24.5 Å². The van der Waals surface area contributed by atoms with Gasteiger partial charge in [-0.2, -0.15) is 0 Å². The van der Waals surface area contributed by atoms with E-state index < -0.39 is 6.04 Å². The molecule has 2 aromatic carbocycles. The molecular formula is C27H36N2O3. The molecule has 0 radical (unpaired) electrons. The quantitative estimate of drug-likeness (QED) is 0.589. The highest BCUT2D eigenvalue weighted by Gasteiger charge is 2.30. The van der Waals surface area contributed by atoms with Crippen molar-refractivity contribution in [3.05, 3.63) is 65.7 Å². The molecule has 2 amide bonds. The molecule has 1 N–H and O–H groups in total. The Kier molecular flexibility index (Phi) is 9.14. The van der Waals surface area contributed by atoms with Crippen LogP contribution in [0.3, 0.4) is 0 Å². The molecule has 0 saturated heterocycles. The van der Waals surface area contributed by atoms with Crippen LogP contribution in [0.1, 0.15) is 56.6 Å². The predicted octanol–water partition coefficient (Wildman–Crippen LogP) is 4.67. The number of nitrogens with one attached hydrogen (secondary N) is 1. The molecule has 5 heteroatoms. The van der Waals surface area contributed by atoms with Gasteiger partial charge in [-0.1, -0.05) is 68.7 Å². The normalized spacial score (nSPS) is 15.1. The number of carbonyl (C=O) groups excluding carboxylic acids is 2. The molecule has 1 atom stereocenters. The molecule has 5 nitrogen and oxygen atoms in total. The van der Waals surface area contributed by atoms with Crippen LogP contribution in [0.4, 0.5) is 0 Å². The molecule has 1 fully saturated rings.